The summed E-state index contributed by atoms with van der Waals surface area (Å²) in [5, 5.41) is 1.74. The zero-order chi connectivity index (χ0) is 21.8. The first-order valence-electron chi connectivity index (χ1n) is 9.43. The van der Waals surface area contributed by atoms with Crippen molar-refractivity contribution in [3.05, 3.63) is 46.1 Å². The van der Waals surface area contributed by atoms with E-state index in [-0.39, 0.29) is 11.7 Å². The molecular weight excluding hydrogens is 420 g/mol. The number of thiophene rings is 1. The highest BCUT2D eigenvalue weighted by Crippen LogP contribution is 2.34. The van der Waals surface area contributed by atoms with Crippen molar-refractivity contribution >= 4 is 45.1 Å². The summed E-state index contributed by atoms with van der Waals surface area (Å²) in [4.78, 5) is 35.2. The molecule has 2 N–H and O–H groups in total. The molecule has 0 radical (unpaired) electrons. The molecule has 0 spiro atoms. The van der Waals surface area contributed by atoms with Crippen LogP contribution in [0.15, 0.2) is 29.6 Å². The second-order valence-corrected chi connectivity index (χ2v) is 9.09. The molecule has 0 aliphatic heterocycles. The fourth-order valence-corrected chi connectivity index (χ4v) is 4.68. The predicted molar refractivity (Wildman–Crippen MR) is 120 cm³/mol. The van der Waals surface area contributed by atoms with Crippen LogP contribution < -0.4 is 15.6 Å². The maximum atomic E-state index is 12.3. The highest BCUT2D eigenvalue weighted by atomic mass is 32.2. The molecule has 0 saturated heterocycles. The number of aryl methyl sites for hydroxylation is 3. The molecule has 7 nitrogen and oxygen atoms in total. The standard InChI is InChI=1S/C21H24N4O3S2/c1-11-7-6-8-16(12(11)2)28-14(4)19(27)25-24-17(26)9-29-20-18-13(3)15(5)30-21(18)23-10-22-20/h6-8,10,14H,9H2,1-5H3,(H,24,26)(H,25,27). The molecule has 0 aliphatic carbocycles. The summed E-state index contributed by atoms with van der Waals surface area (Å²) in [7, 11) is 0. The van der Waals surface area contributed by atoms with Crippen LogP contribution in [0.1, 0.15) is 28.5 Å². The largest absolute Gasteiger partial charge is 0.481 e. The minimum absolute atomic E-state index is 0.118. The number of ether oxygens (including phenoxy) is 1. The van der Waals surface area contributed by atoms with Crippen molar-refractivity contribution in [2.45, 2.75) is 45.7 Å². The third-order valence-electron chi connectivity index (χ3n) is 4.82. The molecule has 3 aromatic rings. The number of hydrogen-bond donors (Lipinski definition) is 2. The Bertz CT molecular complexity index is 1100. The van der Waals surface area contributed by atoms with E-state index in [0.717, 1.165) is 31.9 Å². The number of hydrogen-bond acceptors (Lipinski definition) is 7. The monoisotopic (exact) mass is 444 g/mol. The van der Waals surface area contributed by atoms with Crippen LogP contribution in [0.4, 0.5) is 0 Å². The molecule has 2 aromatic heterocycles. The van der Waals surface area contributed by atoms with E-state index in [1.165, 1.54) is 23.0 Å². The average Bonchev–Trinajstić information content (AvgIpc) is 3.02. The zero-order valence-electron chi connectivity index (χ0n) is 17.5. The lowest BCUT2D eigenvalue weighted by atomic mass is 10.1. The van der Waals surface area contributed by atoms with Crippen LogP contribution >= 0.6 is 23.1 Å². The Kier molecular flexibility index (Phi) is 6.94. The molecule has 2 amide bonds. The van der Waals surface area contributed by atoms with E-state index in [1.54, 1.807) is 18.3 Å². The molecular formula is C21H24N4O3S2. The van der Waals surface area contributed by atoms with Crippen LogP contribution in [0.2, 0.25) is 0 Å². The van der Waals surface area contributed by atoms with Crippen LogP contribution in [-0.4, -0.2) is 33.6 Å². The van der Waals surface area contributed by atoms with Gasteiger partial charge in [0, 0.05) is 10.3 Å². The summed E-state index contributed by atoms with van der Waals surface area (Å²) in [6, 6.07) is 5.68. The van der Waals surface area contributed by atoms with Crippen LogP contribution in [0.25, 0.3) is 10.2 Å². The highest BCUT2D eigenvalue weighted by molar-refractivity contribution is 8.00. The smallest absolute Gasteiger partial charge is 0.279 e. The zero-order valence-corrected chi connectivity index (χ0v) is 19.2. The summed E-state index contributed by atoms with van der Waals surface area (Å²) in [6.07, 6.45) is 0.753. The summed E-state index contributed by atoms with van der Waals surface area (Å²) < 4.78 is 5.73. The van der Waals surface area contributed by atoms with Crippen LogP contribution in [0.3, 0.4) is 0 Å². The van der Waals surface area contributed by atoms with Gasteiger partial charge in [-0.25, -0.2) is 9.97 Å². The number of hydrazine groups is 1. The highest BCUT2D eigenvalue weighted by Gasteiger charge is 2.18. The maximum Gasteiger partial charge on any atom is 0.279 e. The normalized spacial score (nSPS) is 11.9. The lowest BCUT2D eigenvalue weighted by molar-refractivity contribution is -0.131. The molecule has 2 heterocycles. The van der Waals surface area contributed by atoms with Gasteiger partial charge in [-0.15, -0.1) is 11.3 Å². The summed E-state index contributed by atoms with van der Waals surface area (Å²) in [5.41, 5.74) is 8.04. The Morgan fingerprint density at radius 2 is 1.90 bits per heavy atom. The number of fused-ring (bicyclic) bond motifs is 1. The van der Waals surface area contributed by atoms with E-state index in [2.05, 4.69) is 20.8 Å². The number of rotatable bonds is 6. The molecule has 1 atom stereocenters. The van der Waals surface area contributed by atoms with Gasteiger partial charge in [0.05, 0.1) is 5.75 Å². The minimum Gasteiger partial charge on any atom is -0.481 e. The van der Waals surface area contributed by atoms with Crippen LogP contribution in [-0.2, 0) is 9.59 Å². The molecule has 1 unspecified atom stereocenters. The molecule has 1 aromatic carbocycles. The number of aromatic nitrogens is 2. The Labute approximate surface area is 183 Å². The molecule has 3 rings (SSSR count). The Morgan fingerprint density at radius 3 is 2.67 bits per heavy atom. The maximum absolute atomic E-state index is 12.3. The van der Waals surface area contributed by atoms with Gasteiger partial charge in [-0.2, -0.15) is 0 Å². The number of nitrogens with one attached hydrogen (secondary N) is 2. The third-order valence-corrected chi connectivity index (χ3v) is 6.93. The lowest BCUT2D eigenvalue weighted by Crippen LogP contribution is -2.47. The summed E-state index contributed by atoms with van der Waals surface area (Å²) >= 11 is 2.92. The van der Waals surface area contributed by atoms with E-state index >= 15 is 0 Å². The Balaban J connectivity index is 1.52. The van der Waals surface area contributed by atoms with Crippen LogP contribution in [0, 0.1) is 27.7 Å². The van der Waals surface area contributed by atoms with Gasteiger partial charge in [0.15, 0.2) is 6.10 Å². The Morgan fingerprint density at radius 1 is 1.13 bits per heavy atom. The molecule has 158 valence electrons. The number of thioether (sulfide) groups is 1. The second-order valence-electron chi connectivity index (χ2n) is 6.93. The van der Waals surface area contributed by atoms with Crippen molar-refractivity contribution < 1.29 is 14.3 Å². The number of carbonyl (C=O) groups is 2. The Hall–Kier alpha value is -2.65. The fourth-order valence-electron chi connectivity index (χ4n) is 2.76. The van der Waals surface area contributed by atoms with E-state index in [4.69, 9.17) is 4.74 Å². The van der Waals surface area contributed by atoms with Crippen LogP contribution in [0.5, 0.6) is 5.75 Å². The number of carbonyl (C=O) groups excluding carboxylic acids is 2. The quantitative estimate of drug-likeness (QED) is 0.343. The van der Waals surface area contributed by atoms with Crippen molar-refractivity contribution in [1.82, 2.24) is 20.8 Å². The van der Waals surface area contributed by atoms with Crippen molar-refractivity contribution in [2.24, 2.45) is 0 Å². The topological polar surface area (TPSA) is 93.2 Å². The van der Waals surface area contributed by atoms with Gasteiger partial charge < -0.3 is 4.74 Å². The van der Waals surface area contributed by atoms with Crippen molar-refractivity contribution in [3.63, 3.8) is 0 Å². The van der Waals surface area contributed by atoms with Crippen molar-refractivity contribution in [1.29, 1.82) is 0 Å². The first-order chi connectivity index (χ1) is 14.3. The van der Waals surface area contributed by atoms with Gasteiger partial charge in [-0.05, 0) is 57.4 Å². The second kappa shape index (κ2) is 9.44. The fraction of sp³-hybridized carbons (Fsp3) is 0.333. The molecule has 9 heteroatoms. The number of nitrogens with zero attached hydrogens (tertiary/aromatic N) is 2. The van der Waals surface area contributed by atoms with E-state index < -0.39 is 12.0 Å². The average molecular weight is 445 g/mol. The summed E-state index contributed by atoms with van der Waals surface area (Å²) in [5.74, 6) is 0.00725. The lowest BCUT2D eigenvalue weighted by Gasteiger charge is -2.17. The van der Waals surface area contributed by atoms with Gasteiger partial charge >= 0.3 is 0 Å². The molecule has 30 heavy (non-hydrogen) atoms. The van der Waals surface area contributed by atoms with E-state index in [1.807, 2.05) is 45.9 Å². The SMILES string of the molecule is Cc1cccc(OC(C)C(=O)NNC(=O)CSc2ncnc3sc(C)c(C)c23)c1C. The van der Waals surface area contributed by atoms with Gasteiger partial charge in [-0.1, -0.05) is 23.9 Å². The third kappa shape index (κ3) is 4.91. The van der Waals surface area contributed by atoms with E-state index in [0.29, 0.717) is 5.75 Å². The van der Waals surface area contributed by atoms with Crippen molar-refractivity contribution in [3.8, 4) is 5.75 Å². The van der Waals surface area contributed by atoms with Gasteiger partial charge in [0.1, 0.15) is 21.9 Å². The first kappa shape index (κ1) is 22.0. The molecule has 0 aliphatic rings. The van der Waals surface area contributed by atoms with Crippen molar-refractivity contribution in [2.75, 3.05) is 5.75 Å². The van der Waals surface area contributed by atoms with Gasteiger partial charge in [0.2, 0.25) is 5.91 Å². The summed E-state index contributed by atoms with van der Waals surface area (Å²) in [6.45, 7) is 9.63. The molecule has 0 saturated carbocycles. The predicted octanol–water partition coefficient (Wildman–Crippen LogP) is 3.63. The van der Waals surface area contributed by atoms with Gasteiger partial charge in [0.25, 0.3) is 5.91 Å². The number of amides is 2. The molecule has 0 fully saturated rings. The van der Waals surface area contributed by atoms with Gasteiger partial charge in [-0.3, -0.25) is 20.4 Å². The minimum atomic E-state index is -0.753. The number of benzene rings is 1. The first-order valence-corrected chi connectivity index (χ1v) is 11.2. The van der Waals surface area contributed by atoms with E-state index in [9.17, 15) is 9.59 Å². The molecule has 0 bridgehead atoms.